The zero-order chi connectivity index (χ0) is 20.1. The Morgan fingerprint density at radius 2 is 2.03 bits per heavy atom. The van der Waals surface area contributed by atoms with E-state index < -0.39 is 0 Å². The number of hydrogen-bond acceptors (Lipinski definition) is 4. The van der Waals surface area contributed by atoms with Gasteiger partial charge in [-0.15, -0.1) is 0 Å². The predicted molar refractivity (Wildman–Crippen MR) is 116 cm³/mol. The largest absolute Gasteiger partial charge is 0.495 e. The lowest BCUT2D eigenvalue weighted by Gasteiger charge is -2.18. The number of benzene rings is 2. The van der Waals surface area contributed by atoms with Crippen molar-refractivity contribution in [2.45, 2.75) is 6.42 Å². The Morgan fingerprint density at radius 1 is 1.14 bits per heavy atom. The molecule has 0 radical (unpaired) electrons. The van der Waals surface area contributed by atoms with Gasteiger partial charge in [-0.05, 0) is 41.8 Å². The molecule has 2 heterocycles. The van der Waals surface area contributed by atoms with Crippen molar-refractivity contribution >= 4 is 23.4 Å². The molecule has 5 nitrogen and oxygen atoms in total. The number of fused-ring (bicyclic) bond motifs is 1. The van der Waals surface area contributed by atoms with Crippen LogP contribution in [0.15, 0.2) is 78.1 Å². The van der Waals surface area contributed by atoms with E-state index in [-0.39, 0.29) is 5.91 Å². The Labute approximate surface area is 169 Å². The molecule has 144 valence electrons. The number of carbonyl (C=O) groups is 1. The normalized spacial score (nSPS) is 12.9. The first-order valence-electron chi connectivity index (χ1n) is 9.45. The Morgan fingerprint density at radius 3 is 2.86 bits per heavy atom. The van der Waals surface area contributed by atoms with Gasteiger partial charge in [-0.3, -0.25) is 14.8 Å². The third-order valence-electron chi connectivity index (χ3n) is 4.77. The average Bonchev–Trinajstić information content (AvgIpc) is 2.78. The van der Waals surface area contributed by atoms with E-state index in [0.717, 1.165) is 35.4 Å². The van der Waals surface area contributed by atoms with Crippen LogP contribution >= 0.6 is 0 Å². The molecule has 0 saturated heterocycles. The molecule has 0 unspecified atom stereocenters. The predicted octanol–water partition coefficient (Wildman–Crippen LogP) is 4.14. The molecule has 0 saturated carbocycles. The van der Waals surface area contributed by atoms with E-state index in [1.807, 2.05) is 36.4 Å². The summed E-state index contributed by atoms with van der Waals surface area (Å²) in [6.07, 6.45) is 7.54. The Hall–Kier alpha value is -3.73. The lowest BCUT2D eigenvalue weighted by molar-refractivity contribution is -0.111. The highest BCUT2D eigenvalue weighted by atomic mass is 16.5. The summed E-state index contributed by atoms with van der Waals surface area (Å²) < 4.78 is 5.52. The first-order chi connectivity index (χ1) is 14.2. The minimum atomic E-state index is -0.236. The van der Waals surface area contributed by atoms with Crippen LogP contribution in [-0.2, 0) is 11.2 Å². The monoisotopic (exact) mass is 383 g/mol. The fraction of sp³-hybridized carbons (Fsp3) is 0.125. The third kappa shape index (κ3) is 4.24. The van der Waals surface area contributed by atoms with Crippen molar-refractivity contribution in [2.75, 3.05) is 19.0 Å². The second-order valence-electron chi connectivity index (χ2n) is 6.66. The quantitative estimate of drug-likeness (QED) is 0.674. The maximum atomic E-state index is 12.3. The van der Waals surface area contributed by atoms with Crippen molar-refractivity contribution in [2.24, 2.45) is 4.99 Å². The lowest BCUT2D eigenvalue weighted by atomic mass is 9.93. The summed E-state index contributed by atoms with van der Waals surface area (Å²) in [5.74, 6) is 0.358. The number of pyridine rings is 1. The third-order valence-corrected chi connectivity index (χ3v) is 4.77. The molecular formula is C24H21N3O2. The minimum absolute atomic E-state index is 0.236. The summed E-state index contributed by atoms with van der Waals surface area (Å²) in [5, 5.41) is 2.87. The van der Waals surface area contributed by atoms with E-state index in [0.29, 0.717) is 11.4 Å². The molecule has 3 aromatic rings. The molecule has 0 bridgehead atoms. The van der Waals surface area contributed by atoms with Crippen molar-refractivity contribution in [3.05, 3.63) is 95.3 Å². The minimum Gasteiger partial charge on any atom is -0.495 e. The topological polar surface area (TPSA) is 63.6 Å². The molecule has 1 aliphatic heterocycles. The van der Waals surface area contributed by atoms with Crippen LogP contribution in [0.5, 0.6) is 5.75 Å². The SMILES string of the molecule is COc1cc(C2=NCCc3ccccc32)ccc1NC(=O)C=Cc1cccnc1. The Kier molecular flexibility index (Phi) is 5.47. The standard InChI is InChI=1S/C24H21N3O2/c1-29-22-15-19(24-20-7-3-2-6-18(20)12-14-26-24)9-10-21(22)27-23(28)11-8-17-5-4-13-25-16-17/h2-11,13,15-16H,12,14H2,1H3,(H,27,28). The maximum absolute atomic E-state index is 12.3. The highest BCUT2D eigenvalue weighted by molar-refractivity contribution is 6.15. The summed E-state index contributed by atoms with van der Waals surface area (Å²) in [6.45, 7) is 0.770. The molecular weight excluding hydrogens is 362 g/mol. The van der Waals surface area contributed by atoms with Crippen molar-refractivity contribution < 1.29 is 9.53 Å². The molecule has 0 atom stereocenters. The number of methoxy groups -OCH3 is 1. The molecule has 1 amide bonds. The number of nitrogens with one attached hydrogen (secondary N) is 1. The highest BCUT2D eigenvalue weighted by Gasteiger charge is 2.17. The van der Waals surface area contributed by atoms with Crippen LogP contribution in [0, 0.1) is 0 Å². The number of amides is 1. The number of nitrogens with zero attached hydrogens (tertiary/aromatic N) is 2. The van der Waals surface area contributed by atoms with Gasteiger partial charge in [-0.1, -0.05) is 36.4 Å². The van der Waals surface area contributed by atoms with Crippen LogP contribution in [0.4, 0.5) is 5.69 Å². The van der Waals surface area contributed by atoms with Crippen LogP contribution in [0.3, 0.4) is 0 Å². The maximum Gasteiger partial charge on any atom is 0.248 e. The molecule has 2 aromatic carbocycles. The molecule has 0 aliphatic carbocycles. The van der Waals surface area contributed by atoms with E-state index in [4.69, 9.17) is 9.73 Å². The fourth-order valence-corrected chi connectivity index (χ4v) is 3.35. The van der Waals surface area contributed by atoms with Crippen molar-refractivity contribution in [1.82, 2.24) is 4.98 Å². The highest BCUT2D eigenvalue weighted by Crippen LogP contribution is 2.29. The molecule has 0 fully saturated rings. The van der Waals surface area contributed by atoms with Crippen LogP contribution in [0.1, 0.15) is 22.3 Å². The van der Waals surface area contributed by atoms with Gasteiger partial charge in [0.25, 0.3) is 0 Å². The van der Waals surface area contributed by atoms with Gasteiger partial charge in [0.1, 0.15) is 5.75 Å². The van der Waals surface area contributed by atoms with Crippen LogP contribution in [-0.4, -0.2) is 30.3 Å². The molecule has 1 N–H and O–H groups in total. The van der Waals surface area contributed by atoms with Crippen LogP contribution in [0.25, 0.3) is 6.08 Å². The number of hydrogen-bond donors (Lipinski definition) is 1. The van der Waals surface area contributed by atoms with Crippen molar-refractivity contribution in [1.29, 1.82) is 0 Å². The van der Waals surface area contributed by atoms with Gasteiger partial charge in [0.15, 0.2) is 0 Å². The Bertz CT molecular complexity index is 1090. The number of aromatic nitrogens is 1. The zero-order valence-corrected chi connectivity index (χ0v) is 16.1. The Balaban J connectivity index is 1.55. The smallest absolute Gasteiger partial charge is 0.248 e. The van der Waals surface area contributed by atoms with E-state index in [1.54, 1.807) is 25.6 Å². The van der Waals surface area contributed by atoms with Crippen LogP contribution < -0.4 is 10.1 Å². The van der Waals surface area contributed by atoms with E-state index >= 15 is 0 Å². The summed E-state index contributed by atoms with van der Waals surface area (Å²) >= 11 is 0. The number of rotatable bonds is 5. The first-order valence-corrected chi connectivity index (χ1v) is 9.45. The molecule has 1 aromatic heterocycles. The molecule has 5 heteroatoms. The molecule has 29 heavy (non-hydrogen) atoms. The summed E-state index contributed by atoms with van der Waals surface area (Å²) in [4.78, 5) is 21.1. The molecule has 0 spiro atoms. The second kappa shape index (κ2) is 8.52. The van der Waals surface area contributed by atoms with E-state index in [9.17, 15) is 4.79 Å². The van der Waals surface area contributed by atoms with Gasteiger partial charge < -0.3 is 10.1 Å². The van der Waals surface area contributed by atoms with Gasteiger partial charge in [0.2, 0.25) is 5.91 Å². The van der Waals surface area contributed by atoms with Gasteiger partial charge in [0.05, 0.1) is 18.5 Å². The number of carbonyl (C=O) groups excluding carboxylic acids is 1. The van der Waals surface area contributed by atoms with E-state index in [1.165, 1.54) is 11.6 Å². The van der Waals surface area contributed by atoms with Crippen LogP contribution in [0.2, 0.25) is 0 Å². The summed E-state index contributed by atoms with van der Waals surface area (Å²) in [5.41, 5.74) is 5.85. The molecule has 4 rings (SSSR count). The van der Waals surface area contributed by atoms with Crippen molar-refractivity contribution in [3.8, 4) is 5.75 Å². The van der Waals surface area contributed by atoms with Gasteiger partial charge in [0, 0.05) is 36.1 Å². The fourth-order valence-electron chi connectivity index (χ4n) is 3.35. The summed E-state index contributed by atoms with van der Waals surface area (Å²) in [7, 11) is 1.59. The van der Waals surface area contributed by atoms with Crippen molar-refractivity contribution in [3.63, 3.8) is 0 Å². The van der Waals surface area contributed by atoms with Gasteiger partial charge in [-0.25, -0.2) is 0 Å². The average molecular weight is 383 g/mol. The summed E-state index contributed by atoms with van der Waals surface area (Å²) in [6, 6.07) is 17.8. The number of anilines is 1. The molecule has 1 aliphatic rings. The van der Waals surface area contributed by atoms with Gasteiger partial charge >= 0.3 is 0 Å². The number of aliphatic imine (C=N–C) groups is 1. The number of ether oxygens (including phenoxy) is 1. The van der Waals surface area contributed by atoms with E-state index in [2.05, 4.69) is 28.5 Å². The lowest BCUT2D eigenvalue weighted by Crippen LogP contribution is -2.14. The first kappa shape index (κ1) is 18.6. The van der Waals surface area contributed by atoms with Gasteiger partial charge in [-0.2, -0.15) is 0 Å². The zero-order valence-electron chi connectivity index (χ0n) is 16.1. The second-order valence-corrected chi connectivity index (χ2v) is 6.66.